The first-order chi connectivity index (χ1) is 6.92. The summed E-state index contributed by atoms with van der Waals surface area (Å²) in [4.78, 5) is 14.7. The van der Waals surface area contributed by atoms with E-state index in [9.17, 15) is 4.79 Å². The average Bonchev–Trinajstić information content (AvgIpc) is 2.30. The fraction of sp³-hybridized carbons (Fsp3) is 0. The van der Waals surface area contributed by atoms with Gasteiger partial charge in [-0.2, -0.15) is 0 Å². The Balaban J connectivity index is 2.57. The first-order valence-corrected chi connectivity index (χ1v) is 4.36. The van der Waals surface area contributed by atoms with Crippen LogP contribution in [-0.4, -0.2) is 11.3 Å². The second kappa shape index (κ2) is 3.83. The van der Waals surface area contributed by atoms with Crippen molar-refractivity contribution in [3.8, 4) is 11.1 Å². The van der Waals surface area contributed by atoms with Gasteiger partial charge in [-0.15, -0.1) is 0 Å². The number of pyridine rings is 1. The third-order valence-corrected chi connectivity index (χ3v) is 2.08. The lowest BCUT2D eigenvalue weighted by atomic mass is 10.0. The standard InChI is InChI=1S/C12H9NO/c14-9-11-3-1-2-4-12(11)10-5-7-13-8-6-10/h1-9H. The van der Waals surface area contributed by atoms with Crippen molar-refractivity contribution in [2.24, 2.45) is 0 Å². The average molecular weight is 183 g/mol. The molecule has 0 saturated heterocycles. The van der Waals surface area contributed by atoms with E-state index < -0.39 is 0 Å². The number of carbonyl (C=O) groups excluding carboxylic acids is 1. The highest BCUT2D eigenvalue weighted by Gasteiger charge is 2.01. The fourth-order valence-electron chi connectivity index (χ4n) is 1.39. The van der Waals surface area contributed by atoms with E-state index in [2.05, 4.69) is 4.98 Å². The van der Waals surface area contributed by atoms with Crippen molar-refractivity contribution < 1.29 is 4.79 Å². The highest BCUT2D eigenvalue weighted by Crippen LogP contribution is 2.21. The lowest BCUT2D eigenvalue weighted by Gasteiger charge is -2.03. The van der Waals surface area contributed by atoms with E-state index in [1.165, 1.54) is 0 Å². The zero-order valence-corrected chi connectivity index (χ0v) is 7.55. The van der Waals surface area contributed by atoms with Crippen LogP contribution >= 0.6 is 0 Å². The van der Waals surface area contributed by atoms with Gasteiger partial charge in [0.25, 0.3) is 0 Å². The monoisotopic (exact) mass is 183 g/mol. The minimum absolute atomic E-state index is 0.707. The van der Waals surface area contributed by atoms with Crippen molar-refractivity contribution in [2.75, 3.05) is 0 Å². The van der Waals surface area contributed by atoms with E-state index in [1.54, 1.807) is 12.4 Å². The van der Waals surface area contributed by atoms with E-state index in [4.69, 9.17) is 0 Å². The zero-order valence-electron chi connectivity index (χ0n) is 7.55. The molecule has 0 atom stereocenters. The molecule has 0 aliphatic carbocycles. The Morgan fingerprint density at radius 3 is 2.43 bits per heavy atom. The van der Waals surface area contributed by atoms with Gasteiger partial charge in [0.1, 0.15) is 0 Å². The molecule has 2 aromatic rings. The Morgan fingerprint density at radius 2 is 1.71 bits per heavy atom. The Kier molecular flexibility index (Phi) is 2.36. The molecule has 0 bridgehead atoms. The molecule has 1 heterocycles. The van der Waals surface area contributed by atoms with Crippen LogP contribution in [0.25, 0.3) is 11.1 Å². The molecular weight excluding hydrogens is 174 g/mol. The largest absolute Gasteiger partial charge is 0.298 e. The summed E-state index contributed by atoms with van der Waals surface area (Å²) in [6.45, 7) is 0. The third kappa shape index (κ3) is 1.55. The number of benzene rings is 1. The van der Waals surface area contributed by atoms with E-state index >= 15 is 0 Å². The molecule has 0 aliphatic heterocycles. The van der Waals surface area contributed by atoms with Crippen LogP contribution in [0.3, 0.4) is 0 Å². The molecule has 0 saturated carbocycles. The summed E-state index contributed by atoms with van der Waals surface area (Å²) in [5.41, 5.74) is 2.67. The number of carbonyl (C=O) groups is 1. The van der Waals surface area contributed by atoms with Crippen molar-refractivity contribution in [3.05, 3.63) is 54.4 Å². The Hall–Kier alpha value is -1.96. The highest BCUT2D eigenvalue weighted by molar-refractivity contribution is 5.87. The molecule has 0 unspecified atom stereocenters. The van der Waals surface area contributed by atoms with Crippen molar-refractivity contribution >= 4 is 6.29 Å². The van der Waals surface area contributed by atoms with Crippen LogP contribution in [0.4, 0.5) is 0 Å². The molecule has 1 aromatic heterocycles. The topological polar surface area (TPSA) is 30.0 Å². The zero-order chi connectivity index (χ0) is 9.80. The van der Waals surface area contributed by atoms with Crippen molar-refractivity contribution in [1.29, 1.82) is 0 Å². The second-order valence-electron chi connectivity index (χ2n) is 2.94. The van der Waals surface area contributed by atoms with Crippen molar-refractivity contribution in [1.82, 2.24) is 4.98 Å². The van der Waals surface area contributed by atoms with Gasteiger partial charge in [0.05, 0.1) is 0 Å². The van der Waals surface area contributed by atoms with Gasteiger partial charge in [0.2, 0.25) is 0 Å². The molecule has 0 radical (unpaired) electrons. The van der Waals surface area contributed by atoms with Crippen LogP contribution in [0.2, 0.25) is 0 Å². The summed E-state index contributed by atoms with van der Waals surface area (Å²) in [5.74, 6) is 0. The maximum absolute atomic E-state index is 10.8. The summed E-state index contributed by atoms with van der Waals surface area (Å²) < 4.78 is 0. The first-order valence-electron chi connectivity index (χ1n) is 4.36. The van der Waals surface area contributed by atoms with E-state index in [1.807, 2.05) is 36.4 Å². The number of hydrogen-bond donors (Lipinski definition) is 0. The van der Waals surface area contributed by atoms with Crippen LogP contribution in [-0.2, 0) is 0 Å². The maximum Gasteiger partial charge on any atom is 0.150 e. The number of rotatable bonds is 2. The van der Waals surface area contributed by atoms with Gasteiger partial charge in [0.15, 0.2) is 6.29 Å². The van der Waals surface area contributed by atoms with E-state index in [0.717, 1.165) is 17.4 Å². The summed E-state index contributed by atoms with van der Waals surface area (Å²) in [6, 6.07) is 11.3. The van der Waals surface area contributed by atoms with Crippen LogP contribution in [0.1, 0.15) is 10.4 Å². The molecule has 0 aliphatic rings. The molecule has 1 aromatic carbocycles. The summed E-state index contributed by atoms with van der Waals surface area (Å²) in [5, 5.41) is 0. The molecule has 0 N–H and O–H groups in total. The molecule has 14 heavy (non-hydrogen) atoms. The summed E-state index contributed by atoms with van der Waals surface area (Å²) in [6.07, 6.45) is 4.31. The van der Waals surface area contributed by atoms with Gasteiger partial charge in [-0.05, 0) is 23.3 Å². The van der Waals surface area contributed by atoms with Crippen molar-refractivity contribution in [2.45, 2.75) is 0 Å². The number of hydrogen-bond acceptors (Lipinski definition) is 2. The lowest BCUT2D eigenvalue weighted by Crippen LogP contribution is -1.86. The molecule has 2 nitrogen and oxygen atoms in total. The van der Waals surface area contributed by atoms with Crippen LogP contribution in [0, 0.1) is 0 Å². The number of aldehydes is 1. The molecule has 68 valence electrons. The van der Waals surface area contributed by atoms with Gasteiger partial charge < -0.3 is 0 Å². The fourth-order valence-corrected chi connectivity index (χ4v) is 1.39. The van der Waals surface area contributed by atoms with Gasteiger partial charge in [-0.1, -0.05) is 24.3 Å². The molecule has 0 amide bonds. The summed E-state index contributed by atoms with van der Waals surface area (Å²) in [7, 11) is 0. The number of nitrogens with zero attached hydrogens (tertiary/aromatic N) is 1. The Labute approximate surface area is 82.2 Å². The first kappa shape index (κ1) is 8.63. The Bertz CT molecular complexity index is 437. The SMILES string of the molecule is O=Cc1ccccc1-c1ccncc1. The van der Waals surface area contributed by atoms with E-state index in [-0.39, 0.29) is 0 Å². The van der Waals surface area contributed by atoms with Crippen LogP contribution in [0.5, 0.6) is 0 Å². The minimum atomic E-state index is 0.707. The van der Waals surface area contributed by atoms with Crippen LogP contribution < -0.4 is 0 Å². The molecular formula is C12H9NO. The third-order valence-electron chi connectivity index (χ3n) is 2.08. The van der Waals surface area contributed by atoms with Gasteiger partial charge in [0, 0.05) is 18.0 Å². The highest BCUT2D eigenvalue weighted by atomic mass is 16.1. The molecule has 2 heteroatoms. The lowest BCUT2D eigenvalue weighted by molar-refractivity contribution is 0.112. The second-order valence-corrected chi connectivity index (χ2v) is 2.94. The van der Waals surface area contributed by atoms with Crippen molar-refractivity contribution in [3.63, 3.8) is 0 Å². The predicted molar refractivity (Wildman–Crippen MR) is 55.1 cm³/mol. The summed E-state index contributed by atoms with van der Waals surface area (Å²) >= 11 is 0. The molecule has 2 rings (SSSR count). The maximum atomic E-state index is 10.8. The number of aromatic nitrogens is 1. The molecule has 0 fully saturated rings. The minimum Gasteiger partial charge on any atom is -0.298 e. The van der Waals surface area contributed by atoms with Gasteiger partial charge in [-0.25, -0.2) is 0 Å². The van der Waals surface area contributed by atoms with Gasteiger partial charge in [-0.3, -0.25) is 9.78 Å². The van der Waals surface area contributed by atoms with Gasteiger partial charge >= 0.3 is 0 Å². The normalized spacial score (nSPS) is 9.71. The Morgan fingerprint density at radius 1 is 1.00 bits per heavy atom. The predicted octanol–water partition coefficient (Wildman–Crippen LogP) is 2.56. The van der Waals surface area contributed by atoms with E-state index in [0.29, 0.717) is 5.56 Å². The molecule has 0 spiro atoms. The van der Waals surface area contributed by atoms with Crippen LogP contribution in [0.15, 0.2) is 48.8 Å². The smallest absolute Gasteiger partial charge is 0.150 e. The quantitative estimate of drug-likeness (QED) is 0.670.